The number of rotatable bonds is 47. The highest BCUT2D eigenvalue weighted by Gasteiger charge is 2.17. The summed E-state index contributed by atoms with van der Waals surface area (Å²) in [6, 6.07) is 0. The molecular weight excluding hydrogens is 765 g/mol. The second-order valence-electron chi connectivity index (χ2n) is 17.0. The third kappa shape index (κ3) is 49.7. The third-order valence-corrected chi connectivity index (χ3v) is 10.9. The molecule has 0 saturated heterocycles. The fourth-order valence-electron chi connectivity index (χ4n) is 7.04. The van der Waals surface area contributed by atoms with Crippen LogP contribution in [-0.4, -0.2) is 37.9 Å². The van der Waals surface area contributed by atoms with Crippen LogP contribution in [0.5, 0.6) is 0 Å². The number of allylic oxidation sites excluding steroid dienone is 14. The Balaban J connectivity index is 4.39. The van der Waals surface area contributed by atoms with Crippen molar-refractivity contribution in [3.63, 3.8) is 0 Å². The minimum atomic E-state index is -0.575. The van der Waals surface area contributed by atoms with Crippen LogP contribution in [0.25, 0.3) is 0 Å². The quantitative estimate of drug-likeness (QED) is 0.0346. The van der Waals surface area contributed by atoms with Gasteiger partial charge < -0.3 is 14.2 Å². The lowest BCUT2D eigenvalue weighted by molar-refractivity contribution is -0.163. The Labute approximate surface area is 384 Å². The molecule has 356 valence electrons. The number of esters is 2. The molecule has 5 nitrogen and oxygen atoms in total. The standard InChI is InChI=1S/C57H98O5/c1-4-7-10-13-16-19-22-25-28-31-34-37-40-43-46-49-52-60-53-55(62-57(59)51-48-45-42-39-36-33-30-27-24-21-18-15-12-9-6-3)54-61-56(58)50-47-44-41-38-35-32-29-26-23-20-17-14-11-8-5-2/h9,12,17-18,20-21,26-27,29-30,35-36,38-39,55H,4-8,10-11,13-16,19,22-25,28,31-34,37,40-54H2,1-3H3/b12-9-,20-17-,21-18-,29-26-,30-27-,38-35-,39-36-/t55-/m1/s1. The van der Waals surface area contributed by atoms with Crippen LogP contribution in [-0.2, 0) is 23.8 Å². The first-order valence-corrected chi connectivity index (χ1v) is 26.1. The number of hydrogen-bond donors (Lipinski definition) is 0. The summed E-state index contributed by atoms with van der Waals surface area (Å²) in [5, 5.41) is 0. The molecule has 0 radical (unpaired) electrons. The van der Waals surface area contributed by atoms with Crippen molar-refractivity contribution in [1.29, 1.82) is 0 Å². The molecule has 0 unspecified atom stereocenters. The average Bonchev–Trinajstić information content (AvgIpc) is 3.27. The van der Waals surface area contributed by atoms with Gasteiger partial charge in [0.25, 0.3) is 0 Å². The van der Waals surface area contributed by atoms with E-state index in [1.807, 2.05) is 0 Å². The second-order valence-corrected chi connectivity index (χ2v) is 17.0. The molecule has 0 saturated carbocycles. The molecule has 0 amide bonds. The van der Waals surface area contributed by atoms with Crippen molar-refractivity contribution in [2.45, 2.75) is 245 Å². The van der Waals surface area contributed by atoms with Gasteiger partial charge in [-0.3, -0.25) is 9.59 Å². The van der Waals surface area contributed by atoms with E-state index in [1.54, 1.807) is 0 Å². The predicted molar refractivity (Wildman–Crippen MR) is 270 cm³/mol. The van der Waals surface area contributed by atoms with Crippen LogP contribution >= 0.6 is 0 Å². The van der Waals surface area contributed by atoms with E-state index in [-0.39, 0.29) is 25.2 Å². The summed E-state index contributed by atoms with van der Waals surface area (Å²) in [7, 11) is 0. The average molecular weight is 863 g/mol. The molecule has 0 spiro atoms. The first-order chi connectivity index (χ1) is 30.6. The molecule has 62 heavy (non-hydrogen) atoms. The van der Waals surface area contributed by atoms with Crippen LogP contribution in [0, 0.1) is 0 Å². The smallest absolute Gasteiger partial charge is 0.306 e. The van der Waals surface area contributed by atoms with Gasteiger partial charge >= 0.3 is 11.9 Å². The molecule has 0 fully saturated rings. The molecule has 1 atom stereocenters. The van der Waals surface area contributed by atoms with Gasteiger partial charge in [-0.1, -0.05) is 215 Å². The number of carbonyl (C=O) groups is 2. The van der Waals surface area contributed by atoms with E-state index in [0.29, 0.717) is 19.4 Å². The van der Waals surface area contributed by atoms with Crippen molar-refractivity contribution >= 4 is 11.9 Å². The van der Waals surface area contributed by atoms with Gasteiger partial charge in [-0.15, -0.1) is 0 Å². The zero-order valence-electron chi connectivity index (χ0n) is 40.9. The van der Waals surface area contributed by atoms with Crippen molar-refractivity contribution in [2.24, 2.45) is 0 Å². The van der Waals surface area contributed by atoms with Gasteiger partial charge in [-0.25, -0.2) is 0 Å². The first kappa shape index (κ1) is 59.1. The van der Waals surface area contributed by atoms with Crippen LogP contribution < -0.4 is 0 Å². The van der Waals surface area contributed by atoms with E-state index < -0.39 is 6.10 Å². The maximum absolute atomic E-state index is 12.8. The van der Waals surface area contributed by atoms with E-state index in [0.717, 1.165) is 89.9 Å². The van der Waals surface area contributed by atoms with Gasteiger partial charge in [0.05, 0.1) is 6.61 Å². The van der Waals surface area contributed by atoms with Gasteiger partial charge in [0.2, 0.25) is 0 Å². The molecule has 0 N–H and O–H groups in total. The molecule has 0 aromatic carbocycles. The summed E-state index contributed by atoms with van der Waals surface area (Å²) in [6.07, 6.45) is 68.8. The van der Waals surface area contributed by atoms with Gasteiger partial charge in [0.15, 0.2) is 6.10 Å². The minimum absolute atomic E-state index is 0.0473. The highest BCUT2D eigenvalue weighted by atomic mass is 16.6. The Bertz CT molecular complexity index is 1160. The fraction of sp³-hybridized carbons (Fsp3) is 0.719. The number of ether oxygens (including phenoxy) is 3. The summed E-state index contributed by atoms with van der Waals surface area (Å²) >= 11 is 0. The van der Waals surface area contributed by atoms with Gasteiger partial charge in [-0.2, -0.15) is 0 Å². The lowest BCUT2D eigenvalue weighted by Crippen LogP contribution is -2.30. The van der Waals surface area contributed by atoms with Crippen LogP contribution in [0.2, 0.25) is 0 Å². The third-order valence-electron chi connectivity index (χ3n) is 10.9. The molecule has 0 heterocycles. The molecule has 0 aliphatic carbocycles. The molecular formula is C57H98O5. The molecule has 5 heteroatoms. The zero-order valence-corrected chi connectivity index (χ0v) is 40.9. The number of carbonyl (C=O) groups excluding carboxylic acids is 2. The Hall–Kier alpha value is -2.92. The predicted octanol–water partition coefficient (Wildman–Crippen LogP) is 17.7. The minimum Gasteiger partial charge on any atom is -0.462 e. The van der Waals surface area contributed by atoms with Gasteiger partial charge in [-0.05, 0) is 96.3 Å². The monoisotopic (exact) mass is 863 g/mol. The largest absolute Gasteiger partial charge is 0.462 e. The lowest BCUT2D eigenvalue weighted by atomic mass is 10.0. The van der Waals surface area contributed by atoms with Crippen LogP contribution in [0.15, 0.2) is 85.1 Å². The number of hydrogen-bond acceptors (Lipinski definition) is 5. The summed E-state index contributed by atoms with van der Waals surface area (Å²) in [5.41, 5.74) is 0. The molecule has 0 rings (SSSR count). The summed E-state index contributed by atoms with van der Waals surface area (Å²) in [4.78, 5) is 25.4. The van der Waals surface area contributed by atoms with Gasteiger partial charge in [0, 0.05) is 19.4 Å². The Morgan fingerprint density at radius 1 is 0.371 bits per heavy atom. The zero-order chi connectivity index (χ0) is 44.9. The molecule has 0 aliphatic rings. The van der Waals surface area contributed by atoms with E-state index >= 15 is 0 Å². The summed E-state index contributed by atoms with van der Waals surface area (Å²) in [6.45, 7) is 7.61. The molecule has 0 bridgehead atoms. The maximum Gasteiger partial charge on any atom is 0.306 e. The second kappa shape index (κ2) is 52.4. The molecule has 0 aromatic heterocycles. The van der Waals surface area contributed by atoms with Crippen molar-refractivity contribution in [1.82, 2.24) is 0 Å². The van der Waals surface area contributed by atoms with E-state index in [4.69, 9.17) is 14.2 Å². The summed E-state index contributed by atoms with van der Waals surface area (Å²) in [5.74, 6) is -0.487. The van der Waals surface area contributed by atoms with Crippen molar-refractivity contribution in [2.75, 3.05) is 19.8 Å². The van der Waals surface area contributed by atoms with E-state index in [9.17, 15) is 9.59 Å². The Kier molecular flexibility index (Phi) is 50.0. The summed E-state index contributed by atoms with van der Waals surface area (Å²) < 4.78 is 17.3. The van der Waals surface area contributed by atoms with Crippen LogP contribution in [0.3, 0.4) is 0 Å². The Morgan fingerprint density at radius 3 is 1.16 bits per heavy atom. The topological polar surface area (TPSA) is 61.8 Å². The van der Waals surface area contributed by atoms with Crippen LogP contribution in [0.4, 0.5) is 0 Å². The highest BCUT2D eigenvalue weighted by molar-refractivity contribution is 5.70. The Morgan fingerprint density at radius 2 is 0.726 bits per heavy atom. The lowest BCUT2D eigenvalue weighted by Gasteiger charge is -2.18. The van der Waals surface area contributed by atoms with Crippen LogP contribution in [0.1, 0.15) is 239 Å². The number of unbranched alkanes of at least 4 members (excludes halogenated alkanes) is 22. The van der Waals surface area contributed by atoms with Gasteiger partial charge in [0.1, 0.15) is 6.61 Å². The highest BCUT2D eigenvalue weighted by Crippen LogP contribution is 2.14. The molecule has 0 aromatic rings. The van der Waals surface area contributed by atoms with Crippen molar-refractivity contribution in [3.05, 3.63) is 85.1 Å². The molecule has 0 aliphatic heterocycles. The first-order valence-electron chi connectivity index (χ1n) is 26.1. The normalized spacial score (nSPS) is 12.9. The van der Waals surface area contributed by atoms with E-state index in [1.165, 1.54) is 116 Å². The van der Waals surface area contributed by atoms with Crippen molar-refractivity contribution in [3.8, 4) is 0 Å². The maximum atomic E-state index is 12.8. The fourth-order valence-corrected chi connectivity index (χ4v) is 7.04. The van der Waals surface area contributed by atoms with Crippen molar-refractivity contribution < 1.29 is 23.8 Å². The van der Waals surface area contributed by atoms with E-state index in [2.05, 4.69) is 106 Å². The SMILES string of the molecule is CC/C=C\C/C=C\C/C=C\C/C=C\CCCCC(=O)O[C@H](COCCCCCCCCCCCCCCCCCC)COC(=O)CCCC/C=C\C/C=C\C/C=C\CCCCC.